The zero-order chi connectivity index (χ0) is 11.9. The average molecular weight is 232 g/mol. The van der Waals surface area contributed by atoms with Crippen molar-refractivity contribution in [2.24, 2.45) is 5.73 Å². The fourth-order valence-corrected chi connectivity index (χ4v) is 1.78. The molecule has 1 aliphatic heterocycles. The average Bonchev–Trinajstić information content (AvgIpc) is 2.48. The van der Waals surface area contributed by atoms with Gasteiger partial charge in [0, 0.05) is 24.4 Å². The van der Waals surface area contributed by atoms with Gasteiger partial charge in [0.15, 0.2) is 0 Å². The van der Waals surface area contributed by atoms with E-state index < -0.39 is 11.9 Å². The fraction of sp³-hybridized carbons (Fsp3) is 0.556. The maximum absolute atomic E-state index is 9.78. The summed E-state index contributed by atoms with van der Waals surface area (Å²) in [6, 6.07) is 0. The smallest absolute Gasteiger partial charge is 0.328 e. The Hall–Kier alpha value is -1.01. The van der Waals surface area contributed by atoms with Gasteiger partial charge < -0.3 is 16.2 Å². The van der Waals surface area contributed by atoms with Crippen molar-refractivity contribution in [2.45, 2.75) is 18.7 Å². The molecular formula is C9H16N2O3S. The molecule has 1 saturated heterocycles. The molecule has 1 fully saturated rings. The summed E-state index contributed by atoms with van der Waals surface area (Å²) >= 11 is 1.99. The van der Waals surface area contributed by atoms with Crippen molar-refractivity contribution in [1.82, 2.24) is 5.32 Å². The van der Waals surface area contributed by atoms with Crippen molar-refractivity contribution in [3.63, 3.8) is 0 Å². The summed E-state index contributed by atoms with van der Waals surface area (Å²) in [5, 5.41) is 11.2. The molecule has 0 aliphatic carbocycles. The van der Waals surface area contributed by atoms with Crippen LogP contribution < -0.4 is 11.1 Å². The van der Waals surface area contributed by atoms with Crippen LogP contribution in [0.15, 0.2) is 12.2 Å². The van der Waals surface area contributed by atoms with Crippen LogP contribution in [0.25, 0.3) is 0 Å². The minimum Gasteiger partial charge on any atom is -0.478 e. The second-order valence-electron chi connectivity index (χ2n) is 3.36. The van der Waals surface area contributed by atoms with Crippen LogP contribution in [-0.2, 0) is 9.59 Å². The summed E-state index contributed by atoms with van der Waals surface area (Å²) in [4.78, 5) is 19.7. The summed E-state index contributed by atoms with van der Waals surface area (Å²) < 4.78 is 0. The van der Waals surface area contributed by atoms with E-state index in [2.05, 4.69) is 24.9 Å². The van der Waals surface area contributed by atoms with Gasteiger partial charge in [-0.25, -0.2) is 4.79 Å². The molecule has 4 N–H and O–H groups in total. The first-order valence-electron chi connectivity index (χ1n) is 4.43. The minimum absolute atomic E-state index is 0.361. The summed E-state index contributed by atoms with van der Waals surface area (Å²) in [5.74, 6) is -0.663. The Kier molecular flexibility index (Phi) is 6.03. The van der Waals surface area contributed by atoms with E-state index in [0.717, 1.165) is 6.08 Å². The van der Waals surface area contributed by atoms with Gasteiger partial charge in [-0.3, -0.25) is 4.79 Å². The third-order valence-electron chi connectivity index (χ3n) is 1.51. The Balaban J connectivity index is 0.000000262. The van der Waals surface area contributed by atoms with Gasteiger partial charge in [0.1, 0.15) is 0 Å². The molecular weight excluding hydrogens is 216 g/mol. The quantitative estimate of drug-likeness (QED) is 0.590. The molecule has 1 amide bonds. The Bertz CT molecular complexity index is 240. The monoisotopic (exact) mass is 232 g/mol. The predicted octanol–water partition coefficient (Wildman–Crippen LogP) is 0.171. The number of hydrogen-bond donors (Lipinski definition) is 3. The topological polar surface area (TPSA) is 92.4 Å². The van der Waals surface area contributed by atoms with Gasteiger partial charge in [-0.2, -0.15) is 0 Å². The number of thioether (sulfide) groups is 1. The van der Waals surface area contributed by atoms with E-state index in [4.69, 9.17) is 5.11 Å². The maximum atomic E-state index is 9.78. The highest BCUT2D eigenvalue weighted by Gasteiger charge is 2.21. The summed E-state index contributed by atoms with van der Waals surface area (Å²) in [6.45, 7) is 5.60. The number of rotatable bonds is 2. The first kappa shape index (κ1) is 14.0. The number of carbonyl (C=O) groups is 2. The lowest BCUT2D eigenvalue weighted by molar-refractivity contribution is -0.131. The number of amides is 1. The van der Waals surface area contributed by atoms with Crippen molar-refractivity contribution >= 4 is 23.6 Å². The first-order chi connectivity index (χ1) is 6.83. The molecule has 0 spiro atoms. The molecule has 1 aliphatic rings. The SMILES string of the molecule is CC1(C)NCCS1.NC(=O)/C=C\C(=O)O. The number of primary amides is 1. The molecule has 0 aromatic rings. The Morgan fingerprint density at radius 3 is 2.20 bits per heavy atom. The molecule has 86 valence electrons. The molecule has 0 bridgehead atoms. The van der Waals surface area contributed by atoms with E-state index in [1.807, 2.05) is 11.8 Å². The van der Waals surface area contributed by atoms with Crippen LogP contribution in [0.2, 0.25) is 0 Å². The third kappa shape index (κ3) is 9.30. The Morgan fingerprint density at radius 2 is 2.07 bits per heavy atom. The molecule has 15 heavy (non-hydrogen) atoms. The van der Waals surface area contributed by atoms with Gasteiger partial charge >= 0.3 is 5.97 Å². The van der Waals surface area contributed by atoms with Crippen molar-refractivity contribution in [2.75, 3.05) is 12.3 Å². The lowest BCUT2D eigenvalue weighted by Gasteiger charge is -2.14. The van der Waals surface area contributed by atoms with E-state index >= 15 is 0 Å². The maximum Gasteiger partial charge on any atom is 0.328 e. The largest absolute Gasteiger partial charge is 0.478 e. The van der Waals surface area contributed by atoms with Crippen molar-refractivity contribution in [3.05, 3.63) is 12.2 Å². The summed E-state index contributed by atoms with van der Waals surface area (Å²) in [5.41, 5.74) is 4.55. The molecule has 1 rings (SSSR count). The zero-order valence-electron chi connectivity index (χ0n) is 8.82. The summed E-state index contributed by atoms with van der Waals surface area (Å²) in [6.07, 6.45) is 1.46. The molecule has 0 aromatic heterocycles. The molecule has 6 heteroatoms. The highest BCUT2D eigenvalue weighted by atomic mass is 32.2. The second kappa shape index (κ2) is 6.47. The van der Waals surface area contributed by atoms with Crippen LogP contribution in [0.4, 0.5) is 0 Å². The van der Waals surface area contributed by atoms with Crippen LogP contribution in [0.3, 0.4) is 0 Å². The van der Waals surface area contributed by atoms with Crippen molar-refractivity contribution in [1.29, 1.82) is 0 Å². The number of carboxylic acid groups (broad SMARTS) is 1. The van der Waals surface area contributed by atoms with Crippen molar-refractivity contribution in [3.8, 4) is 0 Å². The van der Waals surface area contributed by atoms with E-state index in [1.54, 1.807) is 0 Å². The van der Waals surface area contributed by atoms with E-state index in [1.165, 1.54) is 12.3 Å². The zero-order valence-corrected chi connectivity index (χ0v) is 9.63. The second-order valence-corrected chi connectivity index (χ2v) is 5.08. The predicted molar refractivity (Wildman–Crippen MR) is 60.5 cm³/mol. The minimum atomic E-state index is -1.18. The van der Waals surface area contributed by atoms with E-state index in [9.17, 15) is 9.59 Å². The van der Waals surface area contributed by atoms with E-state index in [0.29, 0.717) is 10.9 Å². The van der Waals surface area contributed by atoms with Gasteiger partial charge in [0.2, 0.25) is 5.91 Å². The Labute approximate surface area is 93.1 Å². The molecule has 0 aromatic carbocycles. The van der Waals surface area contributed by atoms with Crippen LogP contribution in [-0.4, -0.2) is 34.2 Å². The lowest BCUT2D eigenvalue weighted by Crippen LogP contribution is -2.29. The molecule has 0 saturated carbocycles. The van der Waals surface area contributed by atoms with Crippen LogP contribution >= 0.6 is 11.8 Å². The standard InChI is InChI=1S/C5H11NS.C4H5NO3/c1-5(2)6-3-4-7-5;5-3(6)1-2-4(7)8/h6H,3-4H2,1-2H3;1-2H,(H2,5,6)(H,7,8)/b;2-1-. The number of carbonyl (C=O) groups excluding carboxylic acids is 1. The Morgan fingerprint density at radius 1 is 1.47 bits per heavy atom. The summed E-state index contributed by atoms with van der Waals surface area (Å²) in [7, 11) is 0. The molecule has 0 unspecified atom stereocenters. The molecule has 0 atom stereocenters. The fourth-order valence-electron chi connectivity index (χ4n) is 0.863. The van der Waals surface area contributed by atoms with Gasteiger partial charge in [-0.1, -0.05) is 0 Å². The van der Waals surface area contributed by atoms with Gasteiger partial charge in [-0.05, 0) is 13.8 Å². The number of aliphatic carboxylic acids is 1. The third-order valence-corrected chi connectivity index (χ3v) is 2.78. The molecule has 5 nitrogen and oxygen atoms in total. The first-order valence-corrected chi connectivity index (χ1v) is 5.41. The highest BCUT2D eigenvalue weighted by Crippen LogP contribution is 2.24. The van der Waals surface area contributed by atoms with Gasteiger partial charge in [-0.15, -0.1) is 11.8 Å². The number of hydrogen-bond acceptors (Lipinski definition) is 4. The molecule has 0 radical (unpaired) electrons. The van der Waals surface area contributed by atoms with E-state index in [-0.39, 0.29) is 0 Å². The van der Waals surface area contributed by atoms with Crippen LogP contribution in [0.1, 0.15) is 13.8 Å². The number of nitrogens with one attached hydrogen (secondary N) is 1. The van der Waals surface area contributed by atoms with Crippen LogP contribution in [0, 0.1) is 0 Å². The number of carboxylic acids is 1. The number of nitrogens with two attached hydrogens (primary N) is 1. The van der Waals surface area contributed by atoms with Crippen LogP contribution in [0.5, 0.6) is 0 Å². The van der Waals surface area contributed by atoms with Crippen molar-refractivity contribution < 1.29 is 14.7 Å². The van der Waals surface area contributed by atoms with Gasteiger partial charge in [0.25, 0.3) is 0 Å². The van der Waals surface area contributed by atoms with Gasteiger partial charge in [0.05, 0.1) is 4.87 Å². The lowest BCUT2D eigenvalue weighted by atomic mass is 10.4. The molecule has 1 heterocycles. The highest BCUT2D eigenvalue weighted by molar-refractivity contribution is 8.00. The normalized spacial score (nSPS) is 18.3.